The van der Waals surface area contributed by atoms with E-state index >= 15 is 0 Å². The normalized spacial score (nSPS) is 11.7. The maximum atomic E-state index is 6.29. The van der Waals surface area contributed by atoms with Gasteiger partial charge in [-0.15, -0.1) is 11.3 Å². The SMILES string of the molecule is c1ccc(-c2ccc(N(c3cccc(-c4cccc5c4sc4ccccc45)c3)c3ccc4cc5c(cc4c3)oc3ccccc35)cc2)cc1. The summed E-state index contributed by atoms with van der Waals surface area (Å²) >= 11 is 1.87. The van der Waals surface area contributed by atoms with Gasteiger partial charge >= 0.3 is 0 Å². The second-order valence-electron chi connectivity index (χ2n) is 12.6. The molecule has 0 aliphatic heterocycles. The first-order valence-electron chi connectivity index (χ1n) is 16.6. The van der Waals surface area contributed by atoms with E-state index in [-0.39, 0.29) is 0 Å². The van der Waals surface area contributed by atoms with Gasteiger partial charge in [0, 0.05) is 48.0 Å². The minimum Gasteiger partial charge on any atom is -0.456 e. The number of hydrogen-bond donors (Lipinski definition) is 0. The number of rotatable bonds is 5. The van der Waals surface area contributed by atoms with Gasteiger partial charge in [-0.3, -0.25) is 0 Å². The molecular formula is C46H29NOS. The van der Waals surface area contributed by atoms with Crippen LogP contribution in [0.5, 0.6) is 0 Å². The van der Waals surface area contributed by atoms with Crippen molar-refractivity contribution in [3.8, 4) is 22.3 Å². The minimum atomic E-state index is 0.906. The van der Waals surface area contributed by atoms with Crippen molar-refractivity contribution in [1.29, 1.82) is 0 Å². The summed E-state index contributed by atoms with van der Waals surface area (Å²) < 4.78 is 8.93. The van der Waals surface area contributed by atoms with Crippen LogP contribution in [-0.2, 0) is 0 Å². The summed E-state index contributed by atoms with van der Waals surface area (Å²) in [5.74, 6) is 0. The molecule has 49 heavy (non-hydrogen) atoms. The van der Waals surface area contributed by atoms with Gasteiger partial charge in [-0.05, 0) is 93.7 Å². The summed E-state index contributed by atoms with van der Waals surface area (Å²) in [7, 11) is 0. The molecule has 0 atom stereocenters. The number of furan rings is 1. The van der Waals surface area contributed by atoms with E-state index in [0.29, 0.717) is 0 Å². The van der Waals surface area contributed by atoms with Crippen LogP contribution in [-0.4, -0.2) is 0 Å². The molecule has 0 saturated heterocycles. The monoisotopic (exact) mass is 643 g/mol. The molecule has 0 saturated carbocycles. The molecule has 10 aromatic rings. The average molecular weight is 644 g/mol. The summed E-state index contributed by atoms with van der Waals surface area (Å²) in [4.78, 5) is 2.37. The van der Waals surface area contributed by atoms with Crippen molar-refractivity contribution in [3.63, 3.8) is 0 Å². The molecule has 0 spiro atoms. The standard InChI is InChI=1S/C46H29NOS/c1-2-10-30(11-3-1)31-20-23-35(24-21-31)47(37-25-22-32-28-42-39-14-4-6-18-43(39)48-44(42)29-34(32)27-37)36-13-8-12-33(26-36)38-16-9-17-41-40-15-5-7-19-45(40)49-46(38)41/h1-29H. The van der Waals surface area contributed by atoms with Gasteiger partial charge in [-0.1, -0.05) is 115 Å². The maximum Gasteiger partial charge on any atom is 0.136 e. The van der Waals surface area contributed by atoms with Crippen LogP contribution in [0.25, 0.3) is 75.1 Å². The molecule has 0 unspecified atom stereocenters. The Labute approximate surface area is 287 Å². The molecule has 0 aliphatic rings. The molecule has 0 radical (unpaired) electrons. The van der Waals surface area contributed by atoms with Crippen LogP contribution in [0.2, 0.25) is 0 Å². The topological polar surface area (TPSA) is 16.4 Å². The number of thiophene rings is 1. The van der Waals surface area contributed by atoms with E-state index in [1.807, 2.05) is 23.5 Å². The first-order chi connectivity index (χ1) is 24.3. The molecule has 2 heterocycles. The van der Waals surface area contributed by atoms with E-state index in [9.17, 15) is 0 Å². The highest BCUT2D eigenvalue weighted by Gasteiger charge is 2.17. The van der Waals surface area contributed by atoms with E-state index in [2.05, 4.69) is 169 Å². The Morgan fingerprint density at radius 1 is 0.388 bits per heavy atom. The lowest BCUT2D eigenvalue weighted by Gasteiger charge is -2.26. The molecular weight excluding hydrogens is 615 g/mol. The molecule has 0 bridgehead atoms. The number of fused-ring (bicyclic) bond motifs is 7. The summed E-state index contributed by atoms with van der Waals surface area (Å²) in [6.45, 7) is 0. The van der Waals surface area contributed by atoms with Crippen molar-refractivity contribution in [2.24, 2.45) is 0 Å². The van der Waals surface area contributed by atoms with Crippen LogP contribution in [0, 0.1) is 0 Å². The van der Waals surface area contributed by atoms with Gasteiger partial charge in [0.25, 0.3) is 0 Å². The van der Waals surface area contributed by atoms with E-state index in [0.717, 1.165) is 44.4 Å². The van der Waals surface area contributed by atoms with Crippen LogP contribution >= 0.6 is 11.3 Å². The van der Waals surface area contributed by atoms with Gasteiger partial charge in [-0.2, -0.15) is 0 Å². The highest BCUT2D eigenvalue weighted by atomic mass is 32.1. The van der Waals surface area contributed by atoms with Crippen molar-refractivity contribution in [3.05, 3.63) is 176 Å². The summed E-state index contributed by atoms with van der Waals surface area (Å²) in [5.41, 5.74) is 9.97. The van der Waals surface area contributed by atoms with E-state index < -0.39 is 0 Å². The van der Waals surface area contributed by atoms with Crippen LogP contribution in [0.15, 0.2) is 180 Å². The zero-order valence-electron chi connectivity index (χ0n) is 26.5. The third-order valence-corrected chi connectivity index (χ3v) is 10.8. The molecule has 8 aromatic carbocycles. The fraction of sp³-hybridized carbons (Fsp3) is 0. The Morgan fingerprint density at radius 3 is 1.98 bits per heavy atom. The van der Waals surface area contributed by atoms with Crippen LogP contribution < -0.4 is 4.90 Å². The van der Waals surface area contributed by atoms with E-state index in [1.54, 1.807) is 0 Å². The Hall–Kier alpha value is -6.16. The first-order valence-corrected chi connectivity index (χ1v) is 17.4. The summed E-state index contributed by atoms with van der Waals surface area (Å²) in [6.07, 6.45) is 0. The van der Waals surface area contributed by atoms with Gasteiger partial charge in [0.1, 0.15) is 11.2 Å². The van der Waals surface area contributed by atoms with Crippen molar-refractivity contribution >= 4 is 81.3 Å². The second-order valence-corrected chi connectivity index (χ2v) is 13.6. The predicted molar refractivity (Wildman–Crippen MR) is 210 cm³/mol. The van der Waals surface area contributed by atoms with Crippen molar-refractivity contribution in [2.45, 2.75) is 0 Å². The zero-order chi connectivity index (χ0) is 32.3. The summed E-state index contributed by atoms with van der Waals surface area (Å²) in [5, 5.41) is 7.24. The third-order valence-electron chi connectivity index (χ3n) is 9.63. The largest absolute Gasteiger partial charge is 0.456 e. The number of benzene rings is 8. The lowest BCUT2D eigenvalue weighted by molar-refractivity contribution is 0.669. The van der Waals surface area contributed by atoms with Crippen molar-refractivity contribution in [2.75, 3.05) is 4.90 Å². The third kappa shape index (κ3) is 4.70. The highest BCUT2D eigenvalue weighted by molar-refractivity contribution is 7.26. The van der Waals surface area contributed by atoms with Gasteiger partial charge in [0.15, 0.2) is 0 Å². The molecule has 2 nitrogen and oxygen atoms in total. The molecule has 0 aliphatic carbocycles. The maximum absolute atomic E-state index is 6.29. The van der Waals surface area contributed by atoms with Crippen LogP contribution in [0.3, 0.4) is 0 Å². The lowest BCUT2D eigenvalue weighted by atomic mass is 10.0. The first kappa shape index (κ1) is 27.9. The zero-order valence-corrected chi connectivity index (χ0v) is 27.3. The fourth-order valence-corrected chi connectivity index (χ4v) is 8.50. The average Bonchev–Trinajstić information content (AvgIpc) is 3.73. The number of para-hydroxylation sites is 1. The van der Waals surface area contributed by atoms with Gasteiger partial charge in [0.05, 0.1) is 0 Å². The Bertz CT molecular complexity index is 2830. The number of hydrogen-bond acceptors (Lipinski definition) is 3. The number of nitrogens with zero attached hydrogens (tertiary/aromatic N) is 1. The van der Waals surface area contributed by atoms with Gasteiger partial charge in [-0.25, -0.2) is 0 Å². The van der Waals surface area contributed by atoms with Crippen LogP contribution in [0.4, 0.5) is 17.1 Å². The second kappa shape index (κ2) is 11.2. The molecule has 230 valence electrons. The Kier molecular flexibility index (Phi) is 6.39. The van der Waals surface area contributed by atoms with E-state index in [4.69, 9.17) is 4.42 Å². The van der Waals surface area contributed by atoms with Crippen molar-refractivity contribution < 1.29 is 4.42 Å². The molecule has 10 rings (SSSR count). The molecule has 0 fully saturated rings. The van der Waals surface area contributed by atoms with E-state index in [1.165, 1.54) is 47.8 Å². The van der Waals surface area contributed by atoms with Gasteiger partial charge < -0.3 is 9.32 Å². The van der Waals surface area contributed by atoms with Gasteiger partial charge in [0.2, 0.25) is 0 Å². The molecule has 0 N–H and O–H groups in total. The highest BCUT2D eigenvalue weighted by Crippen LogP contribution is 2.43. The fourth-order valence-electron chi connectivity index (χ4n) is 7.26. The number of anilines is 3. The Balaban J connectivity index is 1.14. The van der Waals surface area contributed by atoms with Crippen molar-refractivity contribution in [1.82, 2.24) is 0 Å². The molecule has 2 aromatic heterocycles. The quantitative estimate of drug-likeness (QED) is 0.186. The van der Waals surface area contributed by atoms with Crippen LogP contribution in [0.1, 0.15) is 0 Å². The molecule has 0 amide bonds. The Morgan fingerprint density at radius 2 is 1.08 bits per heavy atom. The summed E-state index contributed by atoms with van der Waals surface area (Å²) in [6, 6.07) is 63.3. The molecule has 3 heteroatoms. The predicted octanol–water partition coefficient (Wildman–Crippen LogP) is 13.9. The smallest absolute Gasteiger partial charge is 0.136 e. The lowest BCUT2D eigenvalue weighted by Crippen LogP contribution is -2.10. The minimum absolute atomic E-state index is 0.906.